The fraction of sp³-hybridized carbons (Fsp3) is 0.0667. The SMILES string of the molecule is CC(=O)Nc1nc(-c2ccc3ccccc3c2)c(N)s1. The molecule has 3 rings (SSSR count). The molecule has 20 heavy (non-hydrogen) atoms. The van der Waals surface area contributed by atoms with Crippen LogP contribution in [0.15, 0.2) is 42.5 Å². The van der Waals surface area contributed by atoms with Gasteiger partial charge in [0, 0.05) is 12.5 Å². The molecule has 1 aromatic heterocycles. The molecule has 1 amide bonds. The van der Waals surface area contributed by atoms with E-state index in [0.29, 0.717) is 15.8 Å². The molecule has 0 saturated carbocycles. The summed E-state index contributed by atoms with van der Waals surface area (Å²) in [6, 6.07) is 14.2. The molecule has 0 atom stereocenters. The number of hydrogen-bond acceptors (Lipinski definition) is 4. The van der Waals surface area contributed by atoms with Crippen molar-refractivity contribution >= 4 is 38.1 Å². The van der Waals surface area contributed by atoms with Gasteiger partial charge in [-0.3, -0.25) is 4.79 Å². The third kappa shape index (κ3) is 2.35. The predicted octanol–water partition coefficient (Wildman–Crippen LogP) is 3.50. The van der Waals surface area contributed by atoms with Gasteiger partial charge in [-0.2, -0.15) is 0 Å². The Balaban J connectivity index is 2.06. The van der Waals surface area contributed by atoms with Crippen LogP contribution in [-0.2, 0) is 4.79 Å². The van der Waals surface area contributed by atoms with Crippen molar-refractivity contribution in [2.75, 3.05) is 11.1 Å². The van der Waals surface area contributed by atoms with Crippen LogP contribution in [0.4, 0.5) is 10.1 Å². The average Bonchev–Trinajstić information content (AvgIpc) is 2.78. The Hall–Kier alpha value is -2.40. The van der Waals surface area contributed by atoms with Gasteiger partial charge in [0.05, 0.1) is 0 Å². The molecule has 2 aromatic carbocycles. The van der Waals surface area contributed by atoms with E-state index in [4.69, 9.17) is 5.73 Å². The largest absolute Gasteiger partial charge is 0.389 e. The van der Waals surface area contributed by atoms with E-state index in [1.54, 1.807) is 0 Å². The molecule has 5 heteroatoms. The number of nitrogens with one attached hydrogen (secondary N) is 1. The van der Waals surface area contributed by atoms with E-state index < -0.39 is 0 Å². The number of anilines is 2. The number of benzene rings is 2. The summed E-state index contributed by atoms with van der Waals surface area (Å²) < 4.78 is 0. The second kappa shape index (κ2) is 4.94. The van der Waals surface area contributed by atoms with Crippen LogP contribution in [0.3, 0.4) is 0 Å². The number of thiazole rings is 1. The van der Waals surface area contributed by atoms with Crippen molar-refractivity contribution in [3.05, 3.63) is 42.5 Å². The standard InChI is InChI=1S/C15H13N3OS/c1-9(19)17-15-18-13(14(16)20-15)12-7-6-10-4-2-3-5-11(10)8-12/h2-8H,16H2,1H3,(H,17,18,19). The van der Waals surface area contributed by atoms with E-state index in [0.717, 1.165) is 10.9 Å². The zero-order valence-corrected chi connectivity index (χ0v) is 11.7. The Morgan fingerprint density at radius 1 is 1.20 bits per heavy atom. The first-order valence-corrected chi connectivity index (χ1v) is 6.98. The van der Waals surface area contributed by atoms with Crippen molar-refractivity contribution in [1.29, 1.82) is 0 Å². The lowest BCUT2D eigenvalue weighted by atomic mass is 10.1. The van der Waals surface area contributed by atoms with E-state index in [2.05, 4.69) is 28.5 Å². The minimum absolute atomic E-state index is 0.149. The molecule has 0 aliphatic rings. The molecular formula is C15H13N3OS. The van der Waals surface area contributed by atoms with E-state index >= 15 is 0 Å². The van der Waals surface area contributed by atoms with Gasteiger partial charge in [-0.15, -0.1) is 0 Å². The number of aromatic nitrogens is 1. The molecule has 0 unspecified atom stereocenters. The van der Waals surface area contributed by atoms with Gasteiger partial charge in [0.25, 0.3) is 0 Å². The van der Waals surface area contributed by atoms with E-state index in [1.807, 2.05) is 24.3 Å². The van der Waals surface area contributed by atoms with Gasteiger partial charge >= 0.3 is 0 Å². The third-order valence-electron chi connectivity index (χ3n) is 2.96. The summed E-state index contributed by atoms with van der Waals surface area (Å²) in [5.41, 5.74) is 7.66. The highest BCUT2D eigenvalue weighted by Crippen LogP contribution is 2.34. The van der Waals surface area contributed by atoms with E-state index in [1.165, 1.54) is 23.6 Å². The van der Waals surface area contributed by atoms with Crippen LogP contribution in [-0.4, -0.2) is 10.9 Å². The zero-order chi connectivity index (χ0) is 14.1. The molecule has 1 heterocycles. The quantitative estimate of drug-likeness (QED) is 0.756. The van der Waals surface area contributed by atoms with Crippen LogP contribution in [0.1, 0.15) is 6.92 Å². The molecular weight excluding hydrogens is 270 g/mol. The number of nitrogens with zero attached hydrogens (tertiary/aromatic N) is 1. The van der Waals surface area contributed by atoms with Crippen molar-refractivity contribution in [3.8, 4) is 11.3 Å². The van der Waals surface area contributed by atoms with Crippen molar-refractivity contribution in [2.45, 2.75) is 6.92 Å². The highest BCUT2D eigenvalue weighted by molar-refractivity contribution is 7.20. The highest BCUT2D eigenvalue weighted by Gasteiger charge is 2.11. The first kappa shape index (κ1) is 12.6. The maximum absolute atomic E-state index is 11.1. The first-order valence-electron chi connectivity index (χ1n) is 6.16. The zero-order valence-electron chi connectivity index (χ0n) is 10.9. The van der Waals surface area contributed by atoms with Gasteiger partial charge in [-0.1, -0.05) is 47.7 Å². The van der Waals surface area contributed by atoms with Crippen LogP contribution in [0.5, 0.6) is 0 Å². The van der Waals surface area contributed by atoms with Crippen LogP contribution in [0.2, 0.25) is 0 Å². The first-order chi connectivity index (χ1) is 9.63. The molecule has 0 spiro atoms. The minimum Gasteiger partial charge on any atom is -0.389 e. The molecule has 3 aromatic rings. The Bertz CT molecular complexity index is 795. The predicted molar refractivity (Wildman–Crippen MR) is 83.8 cm³/mol. The third-order valence-corrected chi connectivity index (χ3v) is 3.76. The molecule has 0 aliphatic heterocycles. The fourth-order valence-electron chi connectivity index (χ4n) is 2.08. The number of nitrogens with two attached hydrogens (primary N) is 1. The average molecular weight is 283 g/mol. The summed E-state index contributed by atoms with van der Waals surface area (Å²) in [7, 11) is 0. The van der Waals surface area contributed by atoms with E-state index in [-0.39, 0.29) is 5.91 Å². The Kier molecular flexibility index (Phi) is 3.12. The summed E-state index contributed by atoms with van der Waals surface area (Å²) in [6.45, 7) is 1.45. The van der Waals surface area contributed by atoms with Gasteiger partial charge in [0.15, 0.2) is 5.13 Å². The number of fused-ring (bicyclic) bond motifs is 1. The van der Waals surface area contributed by atoms with Crippen LogP contribution in [0.25, 0.3) is 22.0 Å². The number of amides is 1. The van der Waals surface area contributed by atoms with Gasteiger partial charge < -0.3 is 11.1 Å². The molecule has 0 fully saturated rings. The number of rotatable bonds is 2. The monoisotopic (exact) mass is 283 g/mol. The number of carbonyl (C=O) groups is 1. The van der Waals surface area contributed by atoms with Gasteiger partial charge in [-0.05, 0) is 16.8 Å². The molecule has 0 saturated heterocycles. The van der Waals surface area contributed by atoms with Crippen LogP contribution < -0.4 is 11.1 Å². The lowest BCUT2D eigenvalue weighted by Gasteiger charge is -2.02. The second-order valence-electron chi connectivity index (χ2n) is 4.47. The molecule has 100 valence electrons. The summed E-state index contributed by atoms with van der Waals surface area (Å²) in [4.78, 5) is 15.4. The molecule has 0 bridgehead atoms. The fourth-order valence-corrected chi connectivity index (χ4v) is 2.88. The molecule has 3 N–H and O–H groups in total. The molecule has 0 aliphatic carbocycles. The van der Waals surface area contributed by atoms with Gasteiger partial charge in [0.2, 0.25) is 5.91 Å². The Labute approximate surface area is 120 Å². The summed E-state index contributed by atoms with van der Waals surface area (Å²) in [5.74, 6) is -0.149. The van der Waals surface area contributed by atoms with Crippen molar-refractivity contribution in [3.63, 3.8) is 0 Å². The normalized spacial score (nSPS) is 10.7. The lowest BCUT2D eigenvalue weighted by Crippen LogP contribution is -2.04. The minimum atomic E-state index is -0.149. The van der Waals surface area contributed by atoms with Crippen LogP contribution in [0, 0.1) is 0 Å². The molecule has 4 nitrogen and oxygen atoms in total. The van der Waals surface area contributed by atoms with Crippen molar-refractivity contribution < 1.29 is 4.79 Å². The van der Waals surface area contributed by atoms with Crippen molar-refractivity contribution in [1.82, 2.24) is 4.98 Å². The topological polar surface area (TPSA) is 68.0 Å². The smallest absolute Gasteiger partial charge is 0.223 e. The van der Waals surface area contributed by atoms with Crippen LogP contribution >= 0.6 is 11.3 Å². The number of carbonyl (C=O) groups excluding carboxylic acids is 1. The van der Waals surface area contributed by atoms with Gasteiger partial charge in [0.1, 0.15) is 10.7 Å². The summed E-state index contributed by atoms with van der Waals surface area (Å²) >= 11 is 1.28. The second-order valence-corrected chi connectivity index (χ2v) is 5.51. The Morgan fingerprint density at radius 2 is 1.95 bits per heavy atom. The highest BCUT2D eigenvalue weighted by atomic mass is 32.1. The summed E-state index contributed by atoms with van der Waals surface area (Å²) in [5, 5.41) is 6.10. The maximum atomic E-state index is 11.1. The maximum Gasteiger partial charge on any atom is 0.223 e. The number of hydrogen-bond donors (Lipinski definition) is 2. The number of nitrogen functional groups attached to an aromatic ring is 1. The van der Waals surface area contributed by atoms with E-state index in [9.17, 15) is 4.79 Å². The lowest BCUT2D eigenvalue weighted by molar-refractivity contribution is -0.114. The Morgan fingerprint density at radius 3 is 2.70 bits per heavy atom. The van der Waals surface area contributed by atoms with Gasteiger partial charge in [-0.25, -0.2) is 4.98 Å². The molecule has 0 radical (unpaired) electrons. The van der Waals surface area contributed by atoms with Crippen molar-refractivity contribution in [2.24, 2.45) is 0 Å². The summed E-state index contributed by atoms with van der Waals surface area (Å²) in [6.07, 6.45) is 0.